The highest BCUT2D eigenvalue weighted by Gasteiger charge is 2.06. The highest BCUT2D eigenvalue weighted by Crippen LogP contribution is 2.12. The number of rotatable bonds is 6. The van der Waals surface area contributed by atoms with Crippen molar-refractivity contribution in [3.05, 3.63) is 46.1 Å². The van der Waals surface area contributed by atoms with Crippen LogP contribution in [-0.2, 0) is 13.6 Å². The van der Waals surface area contributed by atoms with E-state index in [0.29, 0.717) is 5.16 Å². The first-order valence-electron chi connectivity index (χ1n) is 6.23. The third-order valence-corrected chi connectivity index (χ3v) is 3.92. The van der Waals surface area contributed by atoms with Crippen molar-refractivity contribution in [3.63, 3.8) is 0 Å². The van der Waals surface area contributed by atoms with Crippen molar-refractivity contribution in [2.24, 2.45) is 7.05 Å². The molecule has 0 fully saturated rings. The molecule has 0 saturated heterocycles. The van der Waals surface area contributed by atoms with Gasteiger partial charge >= 0.3 is 5.69 Å². The standard InChI is InChI=1S/C13H17FN4OS/c1-17(9-10-3-5-11(14)6-4-10)7-8-20-13-16-15-12(19)18(13)2/h3-6H,7-9H2,1-2H3,(H,15,19). The van der Waals surface area contributed by atoms with Gasteiger partial charge in [-0.15, -0.1) is 5.10 Å². The predicted molar refractivity (Wildman–Crippen MR) is 77.3 cm³/mol. The first-order valence-corrected chi connectivity index (χ1v) is 7.22. The maximum atomic E-state index is 12.8. The maximum absolute atomic E-state index is 12.8. The number of hydrogen-bond acceptors (Lipinski definition) is 4. The predicted octanol–water partition coefficient (Wildman–Crippen LogP) is 1.47. The van der Waals surface area contributed by atoms with Crippen LogP contribution in [0.3, 0.4) is 0 Å². The van der Waals surface area contributed by atoms with Gasteiger partial charge in [0.05, 0.1) is 0 Å². The minimum atomic E-state index is -0.216. The van der Waals surface area contributed by atoms with Crippen molar-refractivity contribution in [2.75, 3.05) is 19.3 Å². The lowest BCUT2D eigenvalue weighted by atomic mass is 10.2. The third kappa shape index (κ3) is 3.94. The highest BCUT2D eigenvalue weighted by atomic mass is 32.2. The number of thioether (sulfide) groups is 1. The van der Waals surface area contributed by atoms with Gasteiger partial charge in [-0.3, -0.25) is 4.57 Å². The molecule has 0 saturated carbocycles. The van der Waals surface area contributed by atoms with Gasteiger partial charge < -0.3 is 4.90 Å². The molecule has 0 aliphatic heterocycles. The molecule has 0 radical (unpaired) electrons. The Labute approximate surface area is 120 Å². The van der Waals surface area contributed by atoms with Crippen LogP contribution in [0, 0.1) is 5.82 Å². The summed E-state index contributed by atoms with van der Waals surface area (Å²) in [6.45, 7) is 1.61. The van der Waals surface area contributed by atoms with E-state index in [-0.39, 0.29) is 11.5 Å². The zero-order chi connectivity index (χ0) is 14.5. The van der Waals surface area contributed by atoms with Crippen molar-refractivity contribution in [1.29, 1.82) is 0 Å². The second kappa shape index (κ2) is 6.71. The monoisotopic (exact) mass is 296 g/mol. The first-order chi connectivity index (χ1) is 9.56. The van der Waals surface area contributed by atoms with Crippen LogP contribution in [0.1, 0.15) is 5.56 Å². The molecule has 108 valence electrons. The summed E-state index contributed by atoms with van der Waals surface area (Å²) in [5.74, 6) is 0.613. The van der Waals surface area contributed by atoms with E-state index in [1.165, 1.54) is 28.5 Å². The van der Waals surface area contributed by atoms with Gasteiger partial charge in [0, 0.05) is 25.9 Å². The minimum absolute atomic E-state index is 0.202. The molecule has 0 bridgehead atoms. The van der Waals surface area contributed by atoms with Crippen molar-refractivity contribution in [1.82, 2.24) is 19.7 Å². The van der Waals surface area contributed by atoms with E-state index < -0.39 is 0 Å². The van der Waals surface area contributed by atoms with E-state index in [0.717, 1.165) is 24.4 Å². The summed E-state index contributed by atoms with van der Waals surface area (Å²) in [7, 11) is 3.70. The van der Waals surface area contributed by atoms with Crippen LogP contribution in [0.4, 0.5) is 4.39 Å². The number of benzene rings is 1. The normalized spacial score (nSPS) is 11.2. The molecule has 7 heteroatoms. The van der Waals surface area contributed by atoms with Gasteiger partial charge in [0.2, 0.25) is 0 Å². The second-order valence-corrected chi connectivity index (χ2v) is 5.65. The molecule has 0 atom stereocenters. The second-order valence-electron chi connectivity index (χ2n) is 4.58. The fraction of sp³-hybridized carbons (Fsp3) is 0.385. The summed E-state index contributed by atoms with van der Waals surface area (Å²) in [5, 5.41) is 7.03. The van der Waals surface area contributed by atoms with Crippen LogP contribution in [0.2, 0.25) is 0 Å². The number of hydrogen-bond donors (Lipinski definition) is 1. The summed E-state index contributed by atoms with van der Waals surface area (Å²) in [6.07, 6.45) is 0. The Kier molecular flexibility index (Phi) is 4.97. The Balaban J connectivity index is 1.78. The van der Waals surface area contributed by atoms with Crippen LogP contribution < -0.4 is 5.69 Å². The summed E-state index contributed by atoms with van der Waals surface area (Å²) < 4.78 is 14.3. The molecule has 1 N–H and O–H groups in total. The quantitative estimate of drug-likeness (QED) is 0.820. The molecule has 0 spiro atoms. The fourth-order valence-electron chi connectivity index (χ4n) is 1.73. The van der Waals surface area contributed by atoms with Gasteiger partial charge in [-0.25, -0.2) is 14.3 Å². The van der Waals surface area contributed by atoms with Gasteiger partial charge in [-0.2, -0.15) is 0 Å². The van der Waals surface area contributed by atoms with E-state index in [2.05, 4.69) is 15.1 Å². The van der Waals surface area contributed by atoms with Crippen LogP contribution in [0.5, 0.6) is 0 Å². The van der Waals surface area contributed by atoms with Gasteiger partial charge in [0.15, 0.2) is 5.16 Å². The van der Waals surface area contributed by atoms with Crippen LogP contribution >= 0.6 is 11.8 Å². The topological polar surface area (TPSA) is 53.9 Å². The smallest absolute Gasteiger partial charge is 0.301 e. The van der Waals surface area contributed by atoms with Crippen molar-refractivity contribution in [2.45, 2.75) is 11.7 Å². The largest absolute Gasteiger partial charge is 0.343 e. The lowest BCUT2D eigenvalue weighted by Gasteiger charge is -2.16. The molecule has 1 aromatic carbocycles. The Morgan fingerprint density at radius 2 is 2.10 bits per heavy atom. The Morgan fingerprint density at radius 3 is 2.70 bits per heavy atom. The Morgan fingerprint density at radius 1 is 1.40 bits per heavy atom. The number of halogens is 1. The van der Waals surface area contributed by atoms with Crippen molar-refractivity contribution in [3.8, 4) is 0 Å². The number of aromatic nitrogens is 3. The Bertz CT molecular complexity index is 608. The number of aromatic amines is 1. The van der Waals surface area contributed by atoms with Crippen LogP contribution in [0.25, 0.3) is 0 Å². The number of nitrogens with one attached hydrogen (secondary N) is 1. The van der Waals surface area contributed by atoms with Gasteiger partial charge in [0.1, 0.15) is 5.82 Å². The molecule has 1 aromatic heterocycles. The van der Waals surface area contributed by atoms with E-state index in [9.17, 15) is 9.18 Å². The van der Waals surface area contributed by atoms with Gasteiger partial charge in [0.25, 0.3) is 0 Å². The molecule has 20 heavy (non-hydrogen) atoms. The summed E-state index contributed by atoms with van der Waals surface area (Å²) in [6, 6.07) is 6.52. The molecular weight excluding hydrogens is 279 g/mol. The third-order valence-electron chi connectivity index (χ3n) is 2.91. The van der Waals surface area contributed by atoms with E-state index in [1.54, 1.807) is 19.2 Å². The maximum Gasteiger partial charge on any atom is 0.343 e. The lowest BCUT2D eigenvalue weighted by molar-refractivity contribution is 0.348. The van der Waals surface area contributed by atoms with Crippen LogP contribution in [0.15, 0.2) is 34.2 Å². The average Bonchev–Trinajstić information content (AvgIpc) is 2.73. The fourth-order valence-corrected chi connectivity index (χ4v) is 2.71. The molecule has 1 heterocycles. The van der Waals surface area contributed by atoms with E-state index in [1.807, 2.05) is 7.05 Å². The molecule has 0 aliphatic rings. The van der Waals surface area contributed by atoms with Gasteiger partial charge in [-0.1, -0.05) is 23.9 Å². The lowest BCUT2D eigenvalue weighted by Crippen LogP contribution is -2.21. The summed E-state index contributed by atoms with van der Waals surface area (Å²) >= 11 is 1.53. The van der Waals surface area contributed by atoms with E-state index in [4.69, 9.17) is 0 Å². The first kappa shape index (κ1) is 14.8. The Hall–Kier alpha value is -1.60. The van der Waals surface area contributed by atoms with Crippen molar-refractivity contribution < 1.29 is 4.39 Å². The average molecular weight is 296 g/mol. The zero-order valence-corrected chi connectivity index (χ0v) is 12.3. The summed E-state index contributed by atoms with van der Waals surface area (Å²) in [4.78, 5) is 13.3. The number of nitrogens with zero attached hydrogens (tertiary/aromatic N) is 3. The highest BCUT2D eigenvalue weighted by molar-refractivity contribution is 7.99. The van der Waals surface area contributed by atoms with Crippen molar-refractivity contribution >= 4 is 11.8 Å². The summed E-state index contributed by atoms with van der Waals surface area (Å²) in [5.41, 5.74) is 0.873. The minimum Gasteiger partial charge on any atom is -0.301 e. The SMILES string of the molecule is CN(CCSc1n[nH]c(=O)n1C)Cc1ccc(F)cc1. The molecule has 0 aliphatic carbocycles. The molecular formula is C13H17FN4OS. The molecule has 2 aromatic rings. The van der Waals surface area contributed by atoms with E-state index >= 15 is 0 Å². The molecule has 0 amide bonds. The molecule has 5 nitrogen and oxygen atoms in total. The molecule has 0 unspecified atom stereocenters. The van der Waals surface area contributed by atoms with Gasteiger partial charge in [-0.05, 0) is 24.7 Å². The molecule has 2 rings (SSSR count). The van der Waals surface area contributed by atoms with Crippen LogP contribution in [-0.4, -0.2) is 39.0 Å². The zero-order valence-electron chi connectivity index (χ0n) is 11.5. The number of H-pyrrole nitrogens is 1.